The molecule has 0 spiro atoms. The Labute approximate surface area is 129 Å². The Morgan fingerprint density at radius 1 is 1.17 bits per heavy atom. The molecule has 0 aliphatic heterocycles. The van der Waals surface area contributed by atoms with Crippen molar-refractivity contribution in [2.75, 3.05) is 6.61 Å². The molecule has 7 nitrogen and oxygen atoms in total. The summed E-state index contributed by atoms with van der Waals surface area (Å²) >= 11 is 0. The van der Waals surface area contributed by atoms with E-state index in [1.807, 2.05) is 0 Å². The van der Waals surface area contributed by atoms with Gasteiger partial charge in [0, 0.05) is 5.57 Å². The lowest BCUT2D eigenvalue weighted by atomic mass is 10.0. The zero-order valence-corrected chi connectivity index (χ0v) is 13.0. The van der Waals surface area contributed by atoms with Crippen LogP contribution in [0.25, 0.3) is 0 Å². The molecule has 0 atom stereocenters. The number of hydrogen-bond acceptors (Lipinski definition) is 6. The maximum atomic E-state index is 13.9. The van der Waals surface area contributed by atoms with Crippen molar-refractivity contribution in [2.24, 2.45) is 0 Å². The number of alkyl halides is 4. The second-order valence-corrected chi connectivity index (χ2v) is 6.49. The number of hydrogen-bond donors (Lipinski definition) is 1. The predicted molar refractivity (Wildman–Crippen MR) is 67.4 cm³/mol. The van der Waals surface area contributed by atoms with Crippen molar-refractivity contribution in [1.29, 1.82) is 0 Å². The average molecular weight is 366 g/mol. The van der Waals surface area contributed by atoms with Crippen molar-refractivity contribution >= 4 is 22.1 Å². The van der Waals surface area contributed by atoms with Crippen molar-refractivity contribution < 1.29 is 49.6 Å². The summed E-state index contributed by atoms with van der Waals surface area (Å²) in [5.41, 5.74) is -3.06. The fourth-order valence-corrected chi connectivity index (χ4v) is 1.15. The fraction of sp³-hybridized carbons (Fsp3) is 0.636. The zero-order chi connectivity index (χ0) is 18.9. The molecule has 0 aromatic rings. The lowest BCUT2D eigenvalue weighted by Gasteiger charge is -2.31. The second kappa shape index (κ2) is 6.43. The normalized spacial score (nSPS) is 13.4. The van der Waals surface area contributed by atoms with E-state index in [0.29, 0.717) is 13.8 Å². The molecule has 0 amide bonds. The minimum atomic E-state index is -5.96. The Morgan fingerprint density at radius 3 is 1.96 bits per heavy atom. The third-order valence-corrected chi connectivity index (χ3v) is 3.33. The summed E-state index contributed by atoms with van der Waals surface area (Å²) in [5.74, 6) is -8.43. The number of halogens is 4. The van der Waals surface area contributed by atoms with E-state index in [1.54, 1.807) is 0 Å². The molecule has 1 N–H and O–H groups in total. The predicted octanol–water partition coefficient (Wildman–Crippen LogP) is 1.54. The van der Waals surface area contributed by atoms with Crippen LogP contribution in [0.15, 0.2) is 12.2 Å². The van der Waals surface area contributed by atoms with E-state index >= 15 is 0 Å². The summed E-state index contributed by atoms with van der Waals surface area (Å²) < 4.78 is 90.0. The van der Waals surface area contributed by atoms with Crippen LogP contribution in [0.4, 0.5) is 17.6 Å². The summed E-state index contributed by atoms with van der Waals surface area (Å²) in [4.78, 5) is 22.5. The average Bonchev–Trinajstić information content (AvgIpc) is 2.33. The first-order chi connectivity index (χ1) is 9.96. The molecule has 0 aromatic carbocycles. The number of rotatable bonds is 7. The van der Waals surface area contributed by atoms with Crippen molar-refractivity contribution in [3.05, 3.63) is 12.2 Å². The maximum absolute atomic E-state index is 13.9. The molecule has 0 unspecified atom stereocenters. The highest BCUT2D eigenvalue weighted by Gasteiger charge is 2.59. The summed E-state index contributed by atoms with van der Waals surface area (Å²) in [6.07, 6.45) is 0. The SMILES string of the molecule is C=C(C)C(=O)OC(C)(C)C(F)(F)C(=O)OCC(F)(F)S(=O)(=O)O. The zero-order valence-electron chi connectivity index (χ0n) is 12.2. The standard InChI is InChI=1S/C11H14F4O7S/c1-6(2)7(16)22-9(3,4)11(14,15)8(17)21-5-10(12,13)23(18,19)20/h1,5H2,2-4H3,(H,18,19,20). The molecule has 0 aliphatic carbocycles. The highest BCUT2D eigenvalue weighted by atomic mass is 32.2. The van der Waals surface area contributed by atoms with Crippen molar-refractivity contribution in [1.82, 2.24) is 0 Å². The maximum Gasteiger partial charge on any atom is 0.402 e. The Kier molecular flexibility index (Phi) is 5.96. The van der Waals surface area contributed by atoms with E-state index in [0.717, 1.165) is 6.92 Å². The highest BCUT2D eigenvalue weighted by Crippen LogP contribution is 2.34. The highest BCUT2D eigenvalue weighted by molar-refractivity contribution is 7.86. The van der Waals surface area contributed by atoms with E-state index in [2.05, 4.69) is 16.1 Å². The smallest absolute Gasteiger partial charge is 0.402 e. The summed E-state index contributed by atoms with van der Waals surface area (Å²) in [6, 6.07) is 0. The minimum Gasteiger partial charge on any atom is -0.453 e. The lowest BCUT2D eigenvalue weighted by Crippen LogP contribution is -2.53. The number of ether oxygens (including phenoxy) is 2. The largest absolute Gasteiger partial charge is 0.453 e. The van der Waals surface area contributed by atoms with Crippen LogP contribution in [0.2, 0.25) is 0 Å². The van der Waals surface area contributed by atoms with Gasteiger partial charge in [0.05, 0.1) is 0 Å². The molecule has 0 rings (SSSR count). The number of esters is 2. The van der Waals surface area contributed by atoms with Gasteiger partial charge in [-0.1, -0.05) is 6.58 Å². The molecule has 23 heavy (non-hydrogen) atoms. The molecule has 0 aliphatic rings. The molecular formula is C11H14F4O7S. The molecule has 0 fully saturated rings. The van der Waals surface area contributed by atoms with Crippen LogP contribution in [-0.4, -0.2) is 48.3 Å². The molecule has 0 saturated heterocycles. The molecule has 0 bridgehead atoms. The quantitative estimate of drug-likeness (QED) is 0.315. The van der Waals surface area contributed by atoms with Crippen LogP contribution < -0.4 is 0 Å². The first kappa shape index (κ1) is 21.3. The Bertz CT molecular complexity index is 610. The van der Waals surface area contributed by atoms with Gasteiger partial charge in [0.15, 0.2) is 12.2 Å². The lowest BCUT2D eigenvalue weighted by molar-refractivity contribution is -0.219. The van der Waals surface area contributed by atoms with Crippen molar-refractivity contribution in [2.45, 2.75) is 37.5 Å². The molecule has 0 saturated carbocycles. The molecule has 0 heterocycles. The summed E-state index contributed by atoms with van der Waals surface area (Å²) in [6.45, 7) is 3.14. The van der Waals surface area contributed by atoms with Crippen molar-refractivity contribution in [3.63, 3.8) is 0 Å². The van der Waals surface area contributed by atoms with Crippen LogP contribution in [0.5, 0.6) is 0 Å². The monoisotopic (exact) mass is 366 g/mol. The Balaban J connectivity index is 5.17. The molecule has 134 valence electrons. The Hall–Kier alpha value is -1.69. The van der Waals surface area contributed by atoms with E-state index in [9.17, 15) is 35.6 Å². The van der Waals surface area contributed by atoms with Gasteiger partial charge in [-0.3, -0.25) is 4.55 Å². The van der Waals surface area contributed by atoms with Gasteiger partial charge in [-0.05, 0) is 20.8 Å². The van der Waals surface area contributed by atoms with Gasteiger partial charge < -0.3 is 9.47 Å². The fourth-order valence-electron chi connectivity index (χ4n) is 0.943. The van der Waals surface area contributed by atoms with Gasteiger partial charge in [-0.25, -0.2) is 9.59 Å². The molecule has 0 radical (unpaired) electrons. The van der Waals surface area contributed by atoms with Gasteiger partial charge in [0.2, 0.25) is 0 Å². The van der Waals surface area contributed by atoms with Gasteiger partial charge >= 0.3 is 33.2 Å². The van der Waals surface area contributed by atoms with Crippen molar-refractivity contribution in [3.8, 4) is 0 Å². The van der Waals surface area contributed by atoms with Crippen LogP contribution in [-0.2, 0) is 29.2 Å². The molecule has 12 heteroatoms. The first-order valence-electron chi connectivity index (χ1n) is 5.74. The molecular weight excluding hydrogens is 352 g/mol. The van der Waals surface area contributed by atoms with Gasteiger partial charge in [-0.15, -0.1) is 0 Å². The summed E-state index contributed by atoms with van der Waals surface area (Å²) in [5, 5.41) is -4.97. The van der Waals surface area contributed by atoms with E-state index < -0.39 is 45.4 Å². The van der Waals surface area contributed by atoms with E-state index in [4.69, 9.17) is 4.55 Å². The van der Waals surface area contributed by atoms with Crippen LogP contribution in [0, 0.1) is 0 Å². The number of carbonyl (C=O) groups is 2. The van der Waals surface area contributed by atoms with E-state index in [1.165, 1.54) is 0 Å². The van der Waals surface area contributed by atoms with Gasteiger partial charge in [0.1, 0.15) is 0 Å². The van der Waals surface area contributed by atoms with Gasteiger partial charge in [-0.2, -0.15) is 26.0 Å². The van der Waals surface area contributed by atoms with Crippen LogP contribution in [0.1, 0.15) is 20.8 Å². The number of carbonyl (C=O) groups excluding carboxylic acids is 2. The van der Waals surface area contributed by atoms with Crippen LogP contribution >= 0.6 is 0 Å². The third-order valence-electron chi connectivity index (χ3n) is 2.46. The second-order valence-electron chi connectivity index (χ2n) is 4.94. The molecule has 0 aromatic heterocycles. The van der Waals surface area contributed by atoms with Crippen LogP contribution in [0.3, 0.4) is 0 Å². The Morgan fingerprint density at radius 2 is 1.61 bits per heavy atom. The topological polar surface area (TPSA) is 107 Å². The third kappa shape index (κ3) is 4.89. The van der Waals surface area contributed by atoms with Gasteiger partial charge in [0.25, 0.3) is 0 Å². The summed E-state index contributed by atoms with van der Waals surface area (Å²) in [7, 11) is -5.96. The van der Waals surface area contributed by atoms with E-state index in [-0.39, 0.29) is 5.57 Å². The minimum absolute atomic E-state index is 0.264. The first-order valence-corrected chi connectivity index (χ1v) is 7.18.